The molecule has 0 aliphatic rings. The average Bonchev–Trinajstić information content (AvgIpc) is 2.56. The number of nitrogens with one attached hydrogen (secondary N) is 1. The highest BCUT2D eigenvalue weighted by atomic mass is 19.4. The molecule has 0 unspecified atom stereocenters. The van der Waals surface area contributed by atoms with Gasteiger partial charge in [0.1, 0.15) is 5.75 Å². The van der Waals surface area contributed by atoms with Gasteiger partial charge in [-0.3, -0.25) is 4.79 Å². The van der Waals surface area contributed by atoms with E-state index in [1.807, 2.05) is 0 Å². The Labute approximate surface area is 142 Å². The lowest BCUT2D eigenvalue weighted by Gasteiger charge is -2.15. The number of halogens is 3. The van der Waals surface area contributed by atoms with E-state index in [4.69, 9.17) is 9.47 Å². The first-order chi connectivity index (χ1) is 11.7. The molecule has 2 aromatic carbocycles. The van der Waals surface area contributed by atoms with Gasteiger partial charge in [0, 0.05) is 11.8 Å². The molecule has 2 aromatic rings. The van der Waals surface area contributed by atoms with Gasteiger partial charge >= 0.3 is 6.18 Å². The SMILES string of the molecule is C=CC(=O)Nc1ccc(C)c(Oc2cc(C(F)(F)F)ccc2OC)c1. The van der Waals surface area contributed by atoms with E-state index in [-0.39, 0.29) is 11.5 Å². The minimum atomic E-state index is -4.50. The minimum absolute atomic E-state index is 0.0763. The molecule has 0 aromatic heterocycles. The second kappa shape index (κ2) is 7.29. The number of benzene rings is 2. The molecule has 1 N–H and O–H groups in total. The fourth-order valence-corrected chi connectivity index (χ4v) is 2.03. The third-order valence-corrected chi connectivity index (χ3v) is 3.35. The van der Waals surface area contributed by atoms with Gasteiger partial charge < -0.3 is 14.8 Å². The number of hydrogen-bond donors (Lipinski definition) is 1. The summed E-state index contributed by atoms with van der Waals surface area (Å²) in [5.41, 5.74) is 0.254. The van der Waals surface area contributed by atoms with Crippen LogP contribution < -0.4 is 14.8 Å². The van der Waals surface area contributed by atoms with Gasteiger partial charge in [-0.05, 0) is 42.8 Å². The van der Waals surface area contributed by atoms with Crippen molar-refractivity contribution in [2.75, 3.05) is 12.4 Å². The van der Waals surface area contributed by atoms with Crippen LogP contribution in [0.2, 0.25) is 0 Å². The Bertz CT molecular complexity index is 801. The van der Waals surface area contributed by atoms with Crippen molar-refractivity contribution >= 4 is 11.6 Å². The van der Waals surface area contributed by atoms with Crippen LogP contribution in [-0.4, -0.2) is 13.0 Å². The molecule has 0 aliphatic carbocycles. The zero-order valence-electron chi connectivity index (χ0n) is 13.6. The van der Waals surface area contributed by atoms with E-state index in [2.05, 4.69) is 11.9 Å². The lowest BCUT2D eigenvalue weighted by Crippen LogP contribution is -2.07. The summed E-state index contributed by atoms with van der Waals surface area (Å²) in [7, 11) is 1.34. The van der Waals surface area contributed by atoms with Crippen molar-refractivity contribution in [2.24, 2.45) is 0 Å². The van der Waals surface area contributed by atoms with E-state index >= 15 is 0 Å². The van der Waals surface area contributed by atoms with Crippen LogP contribution in [0.5, 0.6) is 17.2 Å². The Morgan fingerprint density at radius 2 is 1.84 bits per heavy atom. The first-order valence-corrected chi connectivity index (χ1v) is 7.21. The van der Waals surface area contributed by atoms with Gasteiger partial charge in [-0.25, -0.2) is 0 Å². The van der Waals surface area contributed by atoms with E-state index in [0.717, 1.165) is 18.2 Å². The molecule has 2 rings (SSSR count). The van der Waals surface area contributed by atoms with Crippen LogP contribution in [0.3, 0.4) is 0 Å². The molecular weight excluding hydrogens is 335 g/mol. The number of carbonyl (C=O) groups is 1. The standard InChI is InChI=1S/C18H16F3NO3/c1-4-17(23)22-13-7-5-11(2)15(10-13)25-16-9-12(18(19,20)21)6-8-14(16)24-3/h4-10H,1H2,2-3H3,(H,22,23). The summed E-state index contributed by atoms with van der Waals surface area (Å²) >= 11 is 0. The van der Waals surface area contributed by atoms with Crippen molar-refractivity contribution in [2.45, 2.75) is 13.1 Å². The number of alkyl halides is 3. The molecule has 0 saturated heterocycles. The predicted molar refractivity (Wildman–Crippen MR) is 88.1 cm³/mol. The Morgan fingerprint density at radius 3 is 2.44 bits per heavy atom. The zero-order chi connectivity index (χ0) is 18.6. The molecule has 0 atom stereocenters. The second-order valence-electron chi connectivity index (χ2n) is 5.14. The number of methoxy groups -OCH3 is 1. The number of anilines is 1. The summed E-state index contributed by atoms with van der Waals surface area (Å²) in [6, 6.07) is 7.81. The van der Waals surface area contributed by atoms with Gasteiger partial charge in [-0.15, -0.1) is 0 Å². The maximum Gasteiger partial charge on any atom is 0.416 e. The van der Waals surface area contributed by atoms with Crippen LogP contribution in [0.15, 0.2) is 49.1 Å². The van der Waals surface area contributed by atoms with Crippen LogP contribution in [-0.2, 0) is 11.0 Å². The monoisotopic (exact) mass is 351 g/mol. The number of rotatable bonds is 5. The molecule has 0 aliphatic heterocycles. The number of amides is 1. The maximum atomic E-state index is 12.9. The molecule has 25 heavy (non-hydrogen) atoms. The first-order valence-electron chi connectivity index (χ1n) is 7.21. The molecule has 7 heteroatoms. The molecule has 0 radical (unpaired) electrons. The van der Waals surface area contributed by atoms with E-state index < -0.39 is 17.6 Å². The summed E-state index contributed by atoms with van der Waals surface area (Å²) in [5.74, 6) is -0.0357. The lowest BCUT2D eigenvalue weighted by atomic mass is 10.1. The van der Waals surface area contributed by atoms with Crippen LogP contribution >= 0.6 is 0 Å². The fraction of sp³-hybridized carbons (Fsp3) is 0.167. The lowest BCUT2D eigenvalue weighted by molar-refractivity contribution is -0.137. The van der Waals surface area contributed by atoms with Gasteiger partial charge in [-0.1, -0.05) is 12.6 Å². The Hall–Kier alpha value is -2.96. The van der Waals surface area contributed by atoms with Crippen molar-refractivity contribution in [1.82, 2.24) is 0 Å². The molecule has 0 saturated carbocycles. The highest BCUT2D eigenvalue weighted by molar-refractivity contribution is 5.99. The van der Waals surface area contributed by atoms with E-state index in [1.165, 1.54) is 19.2 Å². The predicted octanol–water partition coefficient (Wildman–Crippen LogP) is 4.94. The van der Waals surface area contributed by atoms with Gasteiger partial charge in [0.05, 0.1) is 12.7 Å². The summed E-state index contributed by atoms with van der Waals surface area (Å²) in [4.78, 5) is 11.4. The first kappa shape index (κ1) is 18.4. The Balaban J connectivity index is 2.39. The van der Waals surface area contributed by atoms with E-state index in [9.17, 15) is 18.0 Å². The number of ether oxygens (including phenoxy) is 2. The molecule has 0 bridgehead atoms. The summed E-state index contributed by atoms with van der Waals surface area (Å²) in [5, 5.41) is 2.56. The Kier molecular flexibility index (Phi) is 5.36. The van der Waals surface area contributed by atoms with Gasteiger partial charge in [0.2, 0.25) is 5.91 Å². The third-order valence-electron chi connectivity index (χ3n) is 3.35. The van der Waals surface area contributed by atoms with Crippen molar-refractivity contribution in [3.8, 4) is 17.2 Å². The molecule has 4 nitrogen and oxygen atoms in total. The van der Waals surface area contributed by atoms with Crippen LogP contribution in [0.4, 0.5) is 18.9 Å². The molecule has 132 valence electrons. The number of hydrogen-bond acceptors (Lipinski definition) is 3. The zero-order valence-corrected chi connectivity index (χ0v) is 13.6. The van der Waals surface area contributed by atoms with Gasteiger partial charge in [-0.2, -0.15) is 13.2 Å². The normalized spacial score (nSPS) is 10.9. The highest BCUT2D eigenvalue weighted by Gasteiger charge is 2.31. The fourth-order valence-electron chi connectivity index (χ4n) is 2.03. The summed E-state index contributed by atoms with van der Waals surface area (Å²) < 4.78 is 49.4. The third kappa shape index (κ3) is 4.53. The largest absolute Gasteiger partial charge is 0.493 e. The number of carbonyl (C=O) groups excluding carboxylic acids is 1. The van der Waals surface area contributed by atoms with Crippen molar-refractivity contribution < 1.29 is 27.4 Å². The van der Waals surface area contributed by atoms with Gasteiger partial charge in [0.15, 0.2) is 11.5 Å². The summed E-state index contributed by atoms with van der Waals surface area (Å²) in [6.45, 7) is 5.08. The molecule has 0 spiro atoms. The van der Waals surface area contributed by atoms with Crippen LogP contribution in [0.25, 0.3) is 0 Å². The quantitative estimate of drug-likeness (QED) is 0.776. The molecular formula is C18H16F3NO3. The minimum Gasteiger partial charge on any atom is -0.493 e. The second-order valence-corrected chi connectivity index (χ2v) is 5.14. The van der Waals surface area contributed by atoms with Crippen molar-refractivity contribution in [1.29, 1.82) is 0 Å². The molecule has 0 heterocycles. The van der Waals surface area contributed by atoms with Gasteiger partial charge in [0.25, 0.3) is 0 Å². The summed E-state index contributed by atoms with van der Waals surface area (Å²) in [6.07, 6.45) is -3.39. The molecule has 0 fully saturated rings. The van der Waals surface area contributed by atoms with Crippen molar-refractivity contribution in [3.05, 3.63) is 60.2 Å². The van der Waals surface area contributed by atoms with E-state index in [0.29, 0.717) is 17.0 Å². The van der Waals surface area contributed by atoms with Crippen LogP contribution in [0.1, 0.15) is 11.1 Å². The highest BCUT2D eigenvalue weighted by Crippen LogP contribution is 2.39. The Morgan fingerprint density at radius 1 is 1.12 bits per heavy atom. The van der Waals surface area contributed by atoms with Crippen molar-refractivity contribution in [3.63, 3.8) is 0 Å². The topological polar surface area (TPSA) is 47.6 Å². The molecule has 1 amide bonds. The maximum absolute atomic E-state index is 12.9. The smallest absolute Gasteiger partial charge is 0.416 e. The van der Waals surface area contributed by atoms with E-state index in [1.54, 1.807) is 19.1 Å². The van der Waals surface area contributed by atoms with Crippen LogP contribution in [0, 0.1) is 6.92 Å². The average molecular weight is 351 g/mol. The number of aryl methyl sites for hydroxylation is 1.